The maximum Gasteiger partial charge on any atom is 0.186 e. The summed E-state index contributed by atoms with van der Waals surface area (Å²) in [6.07, 6.45) is 3.51. The third-order valence-electron chi connectivity index (χ3n) is 3.79. The van der Waals surface area contributed by atoms with Crippen molar-refractivity contribution in [3.8, 4) is 11.4 Å². The molecule has 5 nitrogen and oxygen atoms in total. The zero-order valence-electron chi connectivity index (χ0n) is 13.1. The molecule has 4 aromatic rings. The van der Waals surface area contributed by atoms with Gasteiger partial charge in [0.25, 0.3) is 0 Å². The van der Waals surface area contributed by atoms with Gasteiger partial charge in [-0.3, -0.25) is 4.98 Å². The smallest absolute Gasteiger partial charge is 0.186 e. The van der Waals surface area contributed by atoms with Gasteiger partial charge < -0.3 is 0 Å². The average molecular weight is 333 g/mol. The van der Waals surface area contributed by atoms with Gasteiger partial charge in [0.1, 0.15) is 5.03 Å². The average Bonchev–Trinajstić information content (AvgIpc) is 3.05. The normalized spacial score (nSPS) is 11.0. The highest BCUT2D eigenvalue weighted by Crippen LogP contribution is 2.24. The molecule has 4 rings (SSSR count). The Morgan fingerprint density at radius 1 is 1.00 bits per heavy atom. The van der Waals surface area contributed by atoms with Gasteiger partial charge in [0.15, 0.2) is 11.5 Å². The fourth-order valence-corrected chi connectivity index (χ4v) is 3.38. The zero-order valence-corrected chi connectivity index (χ0v) is 13.9. The predicted molar refractivity (Wildman–Crippen MR) is 94.8 cm³/mol. The first-order valence-electron chi connectivity index (χ1n) is 7.61. The Labute approximate surface area is 143 Å². The largest absolute Gasteiger partial charge is 0.264 e. The molecule has 3 heterocycles. The van der Waals surface area contributed by atoms with Crippen LogP contribution in [-0.2, 0) is 5.75 Å². The molecule has 0 unspecified atom stereocenters. The fourth-order valence-electron chi connectivity index (χ4n) is 2.45. The molecule has 24 heavy (non-hydrogen) atoms. The Balaban J connectivity index is 1.64. The molecule has 0 atom stereocenters. The topological polar surface area (TPSA) is 56.0 Å². The summed E-state index contributed by atoms with van der Waals surface area (Å²) in [5, 5.41) is 14.0. The molecule has 6 heteroatoms. The number of hydrogen-bond donors (Lipinski definition) is 0. The number of thioether (sulfide) groups is 1. The van der Waals surface area contributed by atoms with Crippen molar-refractivity contribution in [1.82, 2.24) is 24.8 Å². The molecule has 118 valence electrons. The van der Waals surface area contributed by atoms with Gasteiger partial charge in [0.2, 0.25) is 0 Å². The minimum atomic E-state index is 0.705. The van der Waals surface area contributed by atoms with Crippen LogP contribution in [0.25, 0.3) is 17.0 Å². The first kappa shape index (κ1) is 14.8. The quantitative estimate of drug-likeness (QED) is 0.532. The molecule has 0 bridgehead atoms. The van der Waals surface area contributed by atoms with Crippen LogP contribution in [0.1, 0.15) is 11.1 Å². The maximum atomic E-state index is 4.68. The molecule has 0 saturated carbocycles. The summed E-state index contributed by atoms with van der Waals surface area (Å²) >= 11 is 1.71. The number of hydrogen-bond acceptors (Lipinski definition) is 5. The van der Waals surface area contributed by atoms with Crippen molar-refractivity contribution < 1.29 is 0 Å². The second-order valence-electron chi connectivity index (χ2n) is 5.42. The molecule has 0 aliphatic heterocycles. The Bertz CT molecular complexity index is 981. The van der Waals surface area contributed by atoms with Crippen LogP contribution in [0, 0.1) is 6.92 Å². The Morgan fingerprint density at radius 3 is 2.75 bits per heavy atom. The molecule has 3 aromatic heterocycles. The summed E-state index contributed by atoms with van der Waals surface area (Å²) in [5.74, 6) is 1.59. The number of rotatable bonds is 4. The van der Waals surface area contributed by atoms with E-state index >= 15 is 0 Å². The van der Waals surface area contributed by atoms with E-state index in [2.05, 4.69) is 51.5 Å². The van der Waals surface area contributed by atoms with E-state index in [1.807, 2.05) is 24.3 Å². The molecule has 0 saturated heterocycles. The number of aromatic nitrogens is 5. The Hall–Kier alpha value is -2.73. The van der Waals surface area contributed by atoms with Crippen LogP contribution < -0.4 is 0 Å². The van der Waals surface area contributed by atoms with Crippen molar-refractivity contribution in [3.05, 3.63) is 72.1 Å². The van der Waals surface area contributed by atoms with E-state index in [4.69, 9.17) is 0 Å². The maximum absolute atomic E-state index is 4.68. The molecule has 0 aliphatic rings. The first-order valence-corrected chi connectivity index (χ1v) is 8.60. The molecule has 0 spiro atoms. The molecular formula is C18H15N5S. The molecule has 0 radical (unpaired) electrons. The Kier molecular flexibility index (Phi) is 3.96. The predicted octanol–water partition coefficient (Wildman–Crippen LogP) is 3.79. The van der Waals surface area contributed by atoms with E-state index < -0.39 is 0 Å². The van der Waals surface area contributed by atoms with Crippen molar-refractivity contribution in [2.24, 2.45) is 0 Å². The summed E-state index contributed by atoms with van der Waals surface area (Å²) in [7, 11) is 0. The molecular weight excluding hydrogens is 318 g/mol. The summed E-state index contributed by atoms with van der Waals surface area (Å²) in [4.78, 5) is 4.14. The van der Waals surface area contributed by atoms with Crippen LogP contribution in [-0.4, -0.2) is 24.8 Å². The number of nitrogens with zero attached hydrogens (tertiary/aromatic N) is 5. The molecule has 0 fully saturated rings. The standard InChI is InChI=1S/C18H15N5S/c1-13-5-2-3-6-15(13)12-24-17-9-8-16-20-21-18(23(16)22-17)14-7-4-10-19-11-14/h2-11H,12H2,1H3. The lowest BCUT2D eigenvalue weighted by Gasteiger charge is -2.05. The van der Waals surface area contributed by atoms with E-state index in [0.717, 1.165) is 22.0 Å². The highest BCUT2D eigenvalue weighted by atomic mass is 32.2. The van der Waals surface area contributed by atoms with Crippen molar-refractivity contribution >= 4 is 17.4 Å². The monoisotopic (exact) mass is 333 g/mol. The van der Waals surface area contributed by atoms with E-state index in [-0.39, 0.29) is 0 Å². The van der Waals surface area contributed by atoms with Gasteiger partial charge in [-0.2, -0.15) is 9.61 Å². The third-order valence-corrected chi connectivity index (χ3v) is 4.76. The summed E-state index contributed by atoms with van der Waals surface area (Å²) in [5.41, 5.74) is 4.25. The van der Waals surface area contributed by atoms with Crippen molar-refractivity contribution in [2.45, 2.75) is 17.7 Å². The lowest BCUT2D eigenvalue weighted by Crippen LogP contribution is -1.97. The summed E-state index contributed by atoms with van der Waals surface area (Å²) in [6.45, 7) is 2.13. The van der Waals surface area contributed by atoms with Crippen LogP contribution in [0.2, 0.25) is 0 Å². The van der Waals surface area contributed by atoms with E-state index in [1.165, 1.54) is 11.1 Å². The highest BCUT2D eigenvalue weighted by Gasteiger charge is 2.10. The molecule has 1 aromatic carbocycles. The van der Waals surface area contributed by atoms with Gasteiger partial charge in [-0.1, -0.05) is 36.0 Å². The zero-order chi connectivity index (χ0) is 16.4. The van der Waals surface area contributed by atoms with Crippen LogP contribution in [0.15, 0.2) is 66.0 Å². The van der Waals surface area contributed by atoms with Crippen LogP contribution in [0.4, 0.5) is 0 Å². The minimum Gasteiger partial charge on any atom is -0.264 e. The lowest BCUT2D eigenvalue weighted by molar-refractivity contribution is 0.860. The molecule has 0 amide bonds. The van der Waals surface area contributed by atoms with Crippen molar-refractivity contribution in [1.29, 1.82) is 0 Å². The van der Waals surface area contributed by atoms with Crippen LogP contribution in [0.3, 0.4) is 0 Å². The van der Waals surface area contributed by atoms with Gasteiger partial charge in [0, 0.05) is 23.7 Å². The highest BCUT2D eigenvalue weighted by molar-refractivity contribution is 7.98. The summed E-state index contributed by atoms with van der Waals surface area (Å²) < 4.78 is 1.77. The van der Waals surface area contributed by atoms with Crippen molar-refractivity contribution in [3.63, 3.8) is 0 Å². The number of fused-ring (bicyclic) bond motifs is 1. The van der Waals surface area contributed by atoms with E-state index in [9.17, 15) is 0 Å². The molecule has 0 aliphatic carbocycles. The van der Waals surface area contributed by atoms with E-state index in [0.29, 0.717) is 5.82 Å². The van der Waals surface area contributed by atoms with Gasteiger partial charge >= 0.3 is 0 Å². The Morgan fingerprint density at radius 2 is 1.92 bits per heavy atom. The van der Waals surface area contributed by atoms with Crippen LogP contribution in [0.5, 0.6) is 0 Å². The second kappa shape index (κ2) is 6.41. The van der Waals surface area contributed by atoms with E-state index in [1.54, 1.807) is 28.7 Å². The van der Waals surface area contributed by atoms with Crippen molar-refractivity contribution in [2.75, 3.05) is 0 Å². The van der Waals surface area contributed by atoms with Crippen LogP contribution >= 0.6 is 11.8 Å². The minimum absolute atomic E-state index is 0.705. The number of aryl methyl sites for hydroxylation is 1. The van der Waals surface area contributed by atoms with Gasteiger partial charge in [-0.15, -0.1) is 10.2 Å². The van der Waals surface area contributed by atoms with Gasteiger partial charge in [-0.25, -0.2) is 0 Å². The van der Waals surface area contributed by atoms with Gasteiger partial charge in [0.05, 0.1) is 0 Å². The number of benzene rings is 1. The third kappa shape index (κ3) is 2.88. The van der Waals surface area contributed by atoms with Gasteiger partial charge in [-0.05, 0) is 42.3 Å². The lowest BCUT2D eigenvalue weighted by atomic mass is 10.1. The SMILES string of the molecule is Cc1ccccc1CSc1ccc2nnc(-c3cccnc3)n2n1. The molecule has 0 N–H and O–H groups in total. The summed E-state index contributed by atoms with van der Waals surface area (Å²) in [6, 6.07) is 16.2. The fraction of sp³-hybridized carbons (Fsp3) is 0.111. The second-order valence-corrected chi connectivity index (χ2v) is 6.42. The number of pyridine rings is 1. The first-order chi connectivity index (χ1) is 11.8.